The zero-order chi connectivity index (χ0) is 23.7. The summed E-state index contributed by atoms with van der Waals surface area (Å²) in [6.45, 7) is 5.48. The number of halogens is 1. The molecule has 0 aliphatic carbocycles. The number of fused-ring (bicyclic) bond motifs is 3. The van der Waals surface area contributed by atoms with E-state index in [-0.39, 0.29) is 11.5 Å². The maximum atomic E-state index is 12.8. The van der Waals surface area contributed by atoms with Crippen LogP contribution in [0.1, 0.15) is 16.1 Å². The lowest BCUT2D eigenvalue weighted by molar-refractivity contribution is 0.0955. The van der Waals surface area contributed by atoms with Crippen LogP contribution in [0.2, 0.25) is 5.02 Å². The monoisotopic (exact) mass is 494 g/mol. The summed E-state index contributed by atoms with van der Waals surface area (Å²) in [5.41, 5.74) is 1.98. The molecule has 3 heterocycles. The van der Waals surface area contributed by atoms with Crippen molar-refractivity contribution in [2.45, 2.75) is 6.42 Å². The molecule has 1 fully saturated rings. The van der Waals surface area contributed by atoms with Crippen LogP contribution in [-0.4, -0.2) is 54.6 Å². The number of carbonyl (C=O) groups excluding carboxylic acids is 1. The van der Waals surface area contributed by atoms with Gasteiger partial charge in [-0.05, 0) is 43.3 Å². The first-order valence-electron chi connectivity index (χ1n) is 11.5. The standard InChI is InChI=1S/C26H27ClN4O2S/c1-29-22-9-3-2-8-20(22)24-21(26(29)33)17-23(34-24)25(32)28-10-5-11-30-12-14-31(15-13-30)19-7-4-6-18(27)16-19/h2-4,6-9,16-17H,5,10-15H2,1H3,(H,28,32). The van der Waals surface area contributed by atoms with Gasteiger partial charge in [0.1, 0.15) is 0 Å². The molecule has 0 atom stereocenters. The van der Waals surface area contributed by atoms with Crippen molar-refractivity contribution < 1.29 is 4.79 Å². The van der Waals surface area contributed by atoms with Gasteiger partial charge in [-0.2, -0.15) is 0 Å². The number of benzene rings is 2. The summed E-state index contributed by atoms with van der Waals surface area (Å²) in [6, 6.07) is 17.6. The van der Waals surface area contributed by atoms with E-state index in [1.165, 1.54) is 17.0 Å². The van der Waals surface area contributed by atoms with Crippen molar-refractivity contribution in [2.75, 3.05) is 44.2 Å². The number of anilines is 1. The molecule has 34 heavy (non-hydrogen) atoms. The van der Waals surface area contributed by atoms with E-state index in [1.54, 1.807) is 17.7 Å². The number of piperazine rings is 1. The molecule has 0 spiro atoms. The van der Waals surface area contributed by atoms with Crippen LogP contribution in [0.4, 0.5) is 5.69 Å². The van der Waals surface area contributed by atoms with Gasteiger partial charge in [-0.25, -0.2) is 0 Å². The minimum Gasteiger partial charge on any atom is -0.369 e. The molecule has 5 rings (SSSR count). The Kier molecular flexibility index (Phi) is 6.59. The number of hydrogen-bond acceptors (Lipinski definition) is 5. The van der Waals surface area contributed by atoms with Crippen molar-refractivity contribution in [3.63, 3.8) is 0 Å². The number of amides is 1. The topological polar surface area (TPSA) is 57.6 Å². The quantitative estimate of drug-likeness (QED) is 0.405. The van der Waals surface area contributed by atoms with Crippen LogP contribution in [-0.2, 0) is 7.05 Å². The molecular formula is C26H27ClN4O2S. The molecule has 0 bridgehead atoms. The van der Waals surface area contributed by atoms with Crippen molar-refractivity contribution in [3.8, 4) is 0 Å². The Morgan fingerprint density at radius 1 is 1.03 bits per heavy atom. The van der Waals surface area contributed by atoms with Gasteiger partial charge in [-0.1, -0.05) is 35.9 Å². The minimum atomic E-state index is -0.113. The van der Waals surface area contributed by atoms with Gasteiger partial charge < -0.3 is 14.8 Å². The Labute approximate surface area is 207 Å². The highest BCUT2D eigenvalue weighted by Crippen LogP contribution is 2.30. The molecule has 2 aromatic carbocycles. The van der Waals surface area contributed by atoms with E-state index in [0.717, 1.165) is 59.8 Å². The van der Waals surface area contributed by atoms with Crippen molar-refractivity contribution in [3.05, 3.63) is 74.9 Å². The number of nitrogens with zero attached hydrogens (tertiary/aromatic N) is 3. The zero-order valence-electron chi connectivity index (χ0n) is 19.1. The summed E-state index contributed by atoms with van der Waals surface area (Å²) in [5, 5.41) is 5.41. The number of pyridine rings is 1. The third-order valence-electron chi connectivity index (χ3n) is 6.48. The molecule has 6 nitrogen and oxygen atoms in total. The molecule has 1 N–H and O–H groups in total. The van der Waals surface area contributed by atoms with Crippen LogP contribution in [0.5, 0.6) is 0 Å². The summed E-state index contributed by atoms with van der Waals surface area (Å²) >= 11 is 7.52. The second kappa shape index (κ2) is 9.78. The van der Waals surface area contributed by atoms with Gasteiger partial charge in [0.25, 0.3) is 11.5 Å². The predicted octanol–water partition coefficient (Wildman–Crippen LogP) is 4.35. The van der Waals surface area contributed by atoms with Crippen LogP contribution in [0.25, 0.3) is 21.0 Å². The predicted molar refractivity (Wildman–Crippen MR) is 142 cm³/mol. The second-order valence-electron chi connectivity index (χ2n) is 8.65. The maximum absolute atomic E-state index is 12.8. The van der Waals surface area contributed by atoms with Crippen LogP contribution in [0, 0.1) is 0 Å². The smallest absolute Gasteiger partial charge is 0.261 e. The number of nitrogens with one attached hydrogen (secondary N) is 1. The van der Waals surface area contributed by atoms with E-state index in [1.807, 2.05) is 42.5 Å². The number of para-hydroxylation sites is 1. The highest BCUT2D eigenvalue weighted by Gasteiger charge is 2.18. The van der Waals surface area contributed by atoms with Crippen molar-refractivity contribution in [1.29, 1.82) is 0 Å². The third kappa shape index (κ3) is 4.56. The summed E-state index contributed by atoms with van der Waals surface area (Å²) in [5.74, 6) is -0.113. The number of carbonyl (C=O) groups is 1. The Morgan fingerprint density at radius 2 is 1.82 bits per heavy atom. The third-order valence-corrected chi connectivity index (χ3v) is 7.89. The molecule has 2 aromatic heterocycles. The first-order chi connectivity index (χ1) is 16.5. The minimum absolute atomic E-state index is 0.0686. The molecule has 176 valence electrons. The molecule has 8 heteroatoms. The summed E-state index contributed by atoms with van der Waals surface area (Å²) in [4.78, 5) is 30.9. The number of rotatable bonds is 6. The largest absolute Gasteiger partial charge is 0.369 e. The fourth-order valence-electron chi connectivity index (χ4n) is 4.60. The maximum Gasteiger partial charge on any atom is 0.261 e. The number of aromatic nitrogens is 1. The number of aryl methyl sites for hydroxylation is 1. The molecule has 1 aliphatic rings. The van der Waals surface area contributed by atoms with Crippen LogP contribution in [0.3, 0.4) is 0 Å². The molecule has 0 radical (unpaired) electrons. The zero-order valence-corrected chi connectivity index (χ0v) is 20.7. The van der Waals surface area contributed by atoms with E-state index >= 15 is 0 Å². The lowest BCUT2D eigenvalue weighted by Crippen LogP contribution is -2.47. The second-order valence-corrected chi connectivity index (χ2v) is 10.1. The van der Waals surface area contributed by atoms with Crippen molar-refractivity contribution in [2.24, 2.45) is 7.05 Å². The van der Waals surface area contributed by atoms with E-state index in [9.17, 15) is 9.59 Å². The Balaban J connectivity index is 1.15. The van der Waals surface area contributed by atoms with Gasteiger partial charge in [0.2, 0.25) is 0 Å². The SMILES string of the molecule is Cn1c(=O)c2cc(C(=O)NCCCN3CCN(c4cccc(Cl)c4)CC3)sc2c2ccccc21. The molecular weight excluding hydrogens is 468 g/mol. The molecule has 4 aromatic rings. The van der Waals surface area contributed by atoms with Gasteiger partial charge >= 0.3 is 0 Å². The van der Waals surface area contributed by atoms with Crippen LogP contribution < -0.4 is 15.8 Å². The van der Waals surface area contributed by atoms with Gasteiger partial charge in [0.15, 0.2) is 0 Å². The lowest BCUT2D eigenvalue weighted by Gasteiger charge is -2.36. The van der Waals surface area contributed by atoms with E-state index in [0.29, 0.717) is 16.8 Å². The average Bonchev–Trinajstić information content (AvgIpc) is 3.32. The summed E-state index contributed by atoms with van der Waals surface area (Å²) in [6.07, 6.45) is 0.887. The van der Waals surface area contributed by atoms with Gasteiger partial charge in [0, 0.05) is 60.6 Å². The molecule has 1 aliphatic heterocycles. The van der Waals surface area contributed by atoms with E-state index < -0.39 is 0 Å². The van der Waals surface area contributed by atoms with Gasteiger partial charge in [0.05, 0.1) is 15.8 Å². The normalized spacial score (nSPS) is 14.7. The Hall–Kier alpha value is -2.87. The van der Waals surface area contributed by atoms with Gasteiger partial charge in [-0.3, -0.25) is 14.5 Å². The molecule has 0 unspecified atom stereocenters. The summed E-state index contributed by atoms with van der Waals surface area (Å²) in [7, 11) is 1.77. The van der Waals surface area contributed by atoms with Crippen molar-refractivity contribution >= 4 is 55.5 Å². The van der Waals surface area contributed by atoms with Crippen LogP contribution in [0.15, 0.2) is 59.4 Å². The first-order valence-corrected chi connectivity index (χ1v) is 12.7. The number of hydrogen-bond donors (Lipinski definition) is 1. The van der Waals surface area contributed by atoms with Crippen LogP contribution >= 0.6 is 22.9 Å². The Bertz CT molecular complexity index is 1410. The fourth-order valence-corrected chi connectivity index (χ4v) is 5.89. The summed E-state index contributed by atoms with van der Waals surface area (Å²) < 4.78 is 2.53. The van der Waals surface area contributed by atoms with E-state index in [4.69, 9.17) is 11.6 Å². The molecule has 0 saturated carbocycles. The highest BCUT2D eigenvalue weighted by molar-refractivity contribution is 7.21. The van der Waals surface area contributed by atoms with Gasteiger partial charge in [-0.15, -0.1) is 11.3 Å². The lowest BCUT2D eigenvalue weighted by atomic mass is 10.2. The number of thiophene rings is 1. The fraction of sp³-hybridized carbons (Fsp3) is 0.308. The van der Waals surface area contributed by atoms with E-state index in [2.05, 4.69) is 21.2 Å². The Morgan fingerprint density at radius 3 is 2.62 bits per heavy atom. The first kappa shape index (κ1) is 22.9. The molecule has 1 amide bonds. The molecule has 1 saturated heterocycles. The highest BCUT2D eigenvalue weighted by atomic mass is 35.5. The van der Waals surface area contributed by atoms with Crippen molar-refractivity contribution in [1.82, 2.24) is 14.8 Å². The average molecular weight is 495 g/mol.